The Morgan fingerprint density at radius 2 is 1.94 bits per heavy atom. The van der Waals surface area contributed by atoms with Gasteiger partial charge in [-0.2, -0.15) is 0 Å². The van der Waals surface area contributed by atoms with Crippen LogP contribution in [0, 0.1) is 12.3 Å². The quantitative estimate of drug-likeness (QED) is 0.824. The Bertz CT molecular complexity index is 352. The maximum absolute atomic E-state index is 10.1. The molecule has 0 aliphatic heterocycles. The first-order chi connectivity index (χ1) is 7.29. The molecule has 1 aromatic rings. The van der Waals surface area contributed by atoms with Crippen molar-refractivity contribution in [1.29, 1.82) is 0 Å². The van der Waals surface area contributed by atoms with E-state index in [1.165, 1.54) is 0 Å². The minimum absolute atomic E-state index is 0.265. The van der Waals surface area contributed by atoms with E-state index in [0.29, 0.717) is 0 Å². The lowest BCUT2D eigenvalue weighted by Gasteiger charge is -2.21. The van der Waals surface area contributed by atoms with Gasteiger partial charge in [0.15, 0.2) is 0 Å². The third kappa shape index (κ3) is 4.15. The summed E-state index contributed by atoms with van der Waals surface area (Å²) < 4.78 is 0. The molecule has 0 saturated heterocycles. The Morgan fingerprint density at radius 1 is 1.31 bits per heavy atom. The number of benzene rings is 1. The monoisotopic (exact) mass is 240 g/mol. The van der Waals surface area contributed by atoms with E-state index in [2.05, 4.69) is 20.8 Å². The van der Waals surface area contributed by atoms with Crippen molar-refractivity contribution in [2.24, 2.45) is 5.41 Å². The van der Waals surface area contributed by atoms with Gasteiger partial charge in [0, 0.05) is 5.02 Å². The van der Waals surface area contributed by atoms with E-state index < -0.39 is 0 Å². The zero-order chi connectivity index (χ0) is 12.3. The number of hydrogen-bond donors (Lipinski definition) is 1. The maximum atomic E-state index is 10.1. The first kappa shape index (κ1) is 13.5. The molecule has 0 fully saturated rings. The fourth-order valence-electron chi connectivity index (χ4n) is 1.74. The van der Waals surface area contributed by atoms with Crippen molar-refractivity contribution < 1.29 is 5.11 Å². The van der Waals surface area contributed by atoms with E-state index in [1.807, 2.05) is 25.1 Å². The first-order valence-electron chi connectivity index (χ1n) is 5.74. The second-order valence-corrected chi connectivity index (χ2v) is 6.05. The zero-order valence-corrected chi connectivity index (χ0v) is 11.3. The molecule has 0 bridgehead atoms. The molecule has 0 aromatic heterocycles. The maximum Gasteiger partial charge on any atom is 0.0792 e. The van der Waals surface area contributed by atoms with Crippen molar-refractivity contribution >= 4 is 11.6 Å². The van der Waals surface area contributed by atoms with Crippen molar-refractivity contribution in [3.8, 4) is 0 Å². The molecule has 1 atom stereocenters. The second-order valence-electron chi connectivity index (χ2n) is 5.62. The van der Waals surface area contributed by atoms with Gasteiger partial charge >= 0.3 is 0 Å². The average Bonchev–Trinajstić information content (AvgIpc) is 2.13. The fourth-order valence-corrected chi connectivity index (χ4v) is 1.96. The van der Waals surface area contributed by atoms with E-state index in [4.69, 9.17) is 11.6 Å². The normalized spacial score (nSPS) is 13.9. The van der Waals surface area contributed by atoms with Gasteiger partial charge < -0.3 is 5.11 Å². The van der Waals surface area contributed by atoms with Crippen LogP contribution < -0.4 is 0 Å². The molecule has 90 valence electrons. The van der Waals surface area contributed by atoms with Gasteiger partial charge in [-0.1, -0.05) is 38.4 Å². The van der Waals surface area contributed by atoms with Gasteiger partial charge in [-0.15, -0.1) is 0 Å². The molecule has 2 heteroatoms. The van der Waals surface area contributed by atoms with Gasteiger partial charge in [0.25, 0.3) is 0 Å². The fraction of sp³-hybridized carbons (Fsp3) is 0.571. The number of aliphatic hydroxyl groups is 1. The molecule has 1 rings (SSSR count). The van der Waals surface area contributed by atoms with Gasteiger partial charge in [0.1, 0.15) is 0 Å². The minimum atomic E-state index is -0.378. The van der Waals surface area contributed by atoms with Crippen LogP contribution >= 0.6 is 11.6 Å². The predicted molar refractivity (Wildman–Crippen MR) is 69.8 cm³/mol. The van der Waals surface area contributed by atoms with E-state index in [0.717, 1.165) is 29.0 Å². The van der Waals surface area contributed by atoms with Crippen LogP contribution in [0.4, 0.5) is 0 Å². The third-order valence-electron chi connectivity index (χ3n) is 2.76. The average molecular weight is 241 g/mol. The second kappa shape index (κ2) is 5.20. The number of rotatable bonds is 3. The van der Waals surface area contributed by atoms with Crippen LogP contribution in [0.3, 0.4) is 0 Å². The number of aryl methyl sites for hydroxylation is 1. The highest BCUT2D eigenvalue weighted by Crippen LogP contribution is 2.29. The summed E-state index contributed by atoms with van der Waals surface area (Å²) in [5, 5.41) is 10.8. The summed E-state index contributed by atoms with van der Waals surface area (Å²) in [6.45, 7) is 8.55. The van der Waals surface area contributed by atoms with Crippen molar-refractivity contribution in [1.82, 2.24) is 0 Å². The Kier molecular flexibility index (Phi) is 4.40. The third-order valence-corrected chi connectivity index (χ3v) is 2.99. The Labute approximate surface area is 103 Å². The van der Waals surface area contributed by atoms with Gasteiger partial charge in [0.2, 0.25) is 0 Å². The smallest absolute Gasteiger partial charge is 0.0792 e. The van der Waals surface area contributed by atoms with Crippen LogP contribution in [0.5, 0.6) is 0 Å². The lowest BCUT2D eigenvalue weighted by molar-refractivity contribution is 0.147. The molecule has 1 nitrogen and oxygen atoms in total. The van der Waals surface area contributed by atoms with Crippen LogP contribution in [0.25, 0.3) is 0 Å². The van der Waals surface area contributed by atoms with Crippen molar-refractivity contribution in [2.75, 3.05) is 0 Å². The van der Waals surface area contributed by atoms with Gasteiger partial charge in [-0.05, 0) is 48.4 Å². The zero-order valence-electron chi connectivity index (χ0n) is 10.5. The molecule has 0 spiro atoms. The predicted octanol–water partition coefficient (Wildman–Crippen LogP) is 4.51. The van der Waals surface area contributed by atoms with Gasteiger partial charge in [-0.25, -0.2) is 0 Å². The van der Waals surface area contributed by atoms with E-state index in [-0.39, 0.29) is 11.5 Å². The van der Waals surface area contributed by atoms with Crippen LogP contribution in [0.1, 0.15) is 50.8 Å². The van der Waals surface area contributed by atoms with Crippen LogP contribution in [0.2, 0.25) is 5.02 Å². The molecule has 0 saturated carbocycles. The number of hydrogen-bond acceptors (Lipinski definition) is 1. The standard InChI is InChI=1S/C14H21ClO/c1-10-9-11(15)5-6-12(10)13(16)7-8-14(2,3)4/h5-6,9,13,16H,7-8H2,1-4H3. The molecule has 1 aromatic carbocycles. The highest BCUT2D eigenvalue weighted by Gasteiger charge is 2.16. The summed E-state index contributed by atoms with van der Waals surface area (Å²) in [5.41, 5.74) is 2.32. The SMILES string of the molecule is Cc1cc(Cl)ccc1C(O)CCC(C)(C)C. The lowest BCUT2D eigenvalue weighted by atomic mass is 9.87. The molecule has 0 aliphatic rings. The molecular weight excluding hydrogens is 220 g/mol. The van der Waals surface area contributed by atoms with Gasteiger partial charge in [-0.3, -0.25) is 0 Å². The lowest BCUT2D eigenvalue weighted by Crippen LogP contribution is -2.08. The highest BCUT2D eigenvalue weighted by atomic mass is 35.5. The molecule has 0 aliphatic carbocycles. The molecule has 0 heterocycles. The van der Waals surface area contributed by atoms with Crippen molar-refractivity contribution in [3.05, 3.63) is 34.3 Å². The first-order valence-corrected chi connectivity index (χ1v) is 6.11. The highest BCUT2D eigenvalue weighted by molar-refractivity contribution is 6.30. The summed E-state index contributed by atoms with van der Waals surface area (Å²) in [4.78, 5) is 0. The summed E-state index contributed by atoms with van der Waals surface area (Å²) in [6.07, 6.45) is 1.43. The Morgan fingerprint density at radius 3 is 2.44 bits per heavy atom. The summed E-state index contributed by atoms with van der Waals surface area (Å²) in [6, 6.07) is 5.66. The summed E-state index contributed by atoms with van der Waals surface area (Å²) in [5.74, 6) is 0. The van der Waals surface area contributed by atoms with E-state index >= 15 is 0 Å². The molecule has 0 amide bonds. The number of halogens is 1. The molecule has 16 heavy (non-hydrogen) atoms. The van der Waals surface area contributed by atoms with E-state index in [9.17, 15) is 5.11 Å². The summed E-state index contributed by atoms with van der Waals surface area (Å²) in [7, 11) is 0. The molecule has 1 N–H and O–H groups in total. The summed E-state index contributed by atoms with van der Waals surface area (Å²) >= 11 is 5.89. The van der Waals surface area contributed by atoms with Crippen LogP contribution in [0.15, 0.2) is 18.2 Å². The molecule has 0 radical (unpaired) electrons. The van der Waals surface area contributed by atoms with Gasteiger partial charge in [0.05, 0.1) is 6.10 Å². The van der Waals surface area contributed by atoms with Crippen LogP contribution in [-0.2, 0) is 0 Å². The minimum Gasteiger partial charge on any atom is -0.388 e. The van der Waals surface area contributed by atoms with Crippen molar-refractivity contribution in [3.63, 3.8) is 0 Å². The topological polar surface area (TPSA) is 20.2 Å². The largest absolute Gasteiger partial charge is 0.388 e. The van der Waals surface area contributed by atoms with Crippen molar-refractivity contribution in [2.45, 2.75) is 46.6 Å². The molecule has 1 unspecified atom stereocenters. The molecular formula is C14H21ClO. The Hall–Kier alpha value is -0.530. The van der Waals surface area contributed by atoms with Crippen LogP contribution in [-0.4, -0.2) is 5.11 Å². The Balaban J connectivity index is 2.70. The number of aliphatic hydroxyl groups excluding tert-OH is 1. The van der Waals surface area contributed by atoms with E-state index in [1.54, 1.807) is 0 Å².